The van der Waals surface area contributed by atoms with Gasteiger partial charge in [-0.3, -0.25) is 10.1 Å². The van der Waals surface area contributed by atoms with Crippen molar-refractivity contribution in [2.75, 3.05) is 6.54 Å². The van der Waals surface area contributed by atoms with Crippen LogP contribution in [-0.2, 0) is 9.59 Å². The summed E-state index contributed by atoms with van der Waals surface area (Å²) < 4.78 is 0. The van der Waals surface area contributed by atoms with Crippen molar-refractivity contribution in [2.45, 2.75) is 37.8 Å². The van der Waals surface area contributed by atoms with Gasteiger partial charge < -0.3 is 10.8 Å². The number of rotatable bonds is 4. The minimum absolute atomic E-state index is 0.342. The van der Waals surface area contributed by atoms with Crippen molar-refractivity contribution in [3.05, 3.63) is 0 Å². The Kier molecular flexibility index (Phi) is 3.23. The molecule has 0 bridgehead atoms. The van der Waals surface area contributed by atoms with E-state index in [4.69, 9.17) is 10.8 Å². The van der Waals surface area contributed by atoms with E-state index >= 15 is 0 Å². The maximum atomic E-state index is 11.8. The lowest BCUT2D eigenvalue weighted by atomic mass is 9.87. The van der Waals surface area contributed by atoms with Crippen molar-refractivity contribution in [2.24, 2.45) is 5.73 Å². The standard InChI is InChI=1S/C9H16N2O3/c1-2-6(10)7(12)9(8(13)14)4-3-5-11-9/h6,11H,2-5,10H2,1H3,(H,13,14)/t6-,9+/m0/s1. The van der Waals surface area contributed by atoms with Gasteiger partial charge in [-0.1, -0.05) is 6.92 Å². The van der Waals surface area contributed by atoms with Crippen LogP contribution < -0.4 is 11.1 Å². The van der Waals surface area contributed by atoms with E-state index in [9.17, 15) is 9.59 Å². The molecule has 5 nitrogen and oxygen atoms in total. The number of ketones is 1. The van der Waals surface area contributed by atoms with E-state index in [0.29, 0.717) is 25.8 Å². The smallest absolute Gasteiger partial charge is 0.331 e. The number of hydrogen-bond acceptors (Lipinski definition) is 4. The third kappa shape index (κ3) is 1.65. The third-order valence-electron chi connectivity index (χ3n) is 2.72. The highest BCUT2D eigenvalue weighted by Gasteiger charge is 2.49. The molecule has 0 amide bonds. The van der Waals surface area contributed by atoms with Gasteiger partial charge in [0.25, 0.3) is 0 Å². The van der Waals surface area contributed by atoms with E-state index in [2.05, 4.69) is 5.32 Å². The van der Waals surface area contributed by atoms with Gasteiger partial charge in [0.15, 0.2) is 11.3 Å². The quantitative estimate of drug-likeness (QED) is 0.532. The summed E-state index contributed by atoms with van der Waals surface area (Å²) in [7, 11) is 0. The normalized spacial score (nSPS) is 28.7. The van der Waals surface area contributed by atoms with Crippen molar-refractivity contribution < 1.29 is 14.7 Å². The van der Waals surface area contributed by atoms with Crippen molar-refractivity contribution >= 4 is 11.8 Å². The maximum absolute atomic E-state index is 11.8. The average Bonchev–Trinajstić information content (AvgIpc) is 2.65. The monoisotopic (exact) mass is 200 g/mol. The van der Waals surface area contributed by atoms with Gasteiger partial charge in [0.05, 0.1) is 6.04 Å². The van der Waals surface area contributed by atoms with E-state index in [1.54, 1.807) is 6.92 Å². The number of hydrogen-bond donors (Lipinski definition) is 3. The highest BCUT2D eigenvalue weighted by Crippen LogP contribution is 2.22. The Bertz CT molecular complexity index is 246. The predicted octanol–water partition coefficient (Wildman–Crippen LogP) is -0.500. The van der Waals surface area contributed by atoms with Crippen LogP contribution in [0.1, 0.15) is 26.2 Å². The predicted molar refractivity (Wildman–Crippen MR) is 50.9 cm³/mol. The summed E-state index contributed by atoms with van der Waals surface area (Å²) in [4.78, 5) is 22.8. The summed E-state index contributed by atoms with van der Waals surface area (Å²) in [5.74, 6) is -1.51. The minimum Gasteiger partial charge on any atom is -0.480 e. The Balaban J connectivity index is 2.88. The largest absolute Gasteiger partial charge is 0.480 e. The van der Waals surface area contributed by atoms with Crippen molar-refractivity contribution in [1.82, 2.24) is 5.32 Å². The third-order valence-corrected chi connectivity index (χ3v) is 2.72. The van der Waals surface area contributed by atoms with Crippen LogP contribution in [0.3, 0.4) is 0 Å². The number of carbonyl (C=O) groups excluding carboxylic acids is 1. The molecular formula is C9H16N2O3. The number of nitrogens with one attached hydrogen (secondary N) is 1. The first-order valence-electron chi connectivity index (χ1n) is 4.83. The van der Waals surface area contributed by atoms with Crippen molar-refractivity contribution in [3.8, 4) is 0 Å². The second-order valence-corrected chi connectivity index (χ2v) is 3.62. The van der Waals surface area contributed by atoms with Gasteiger partial charge in [0, 0.05) is 0 Å². The molecule has 1 rings (SSSR count). The number of carbonyl (C=O) groups is 2. The molecule has 0 aliphatic carbocycles. The lowest BCUT2D eigenvalue weighted by molar-refractivity contribution is -0.149. The summed E-state index contributed by atoms with van der Waals surface area (Å²) in [6, 6.07) is -0.684. The summed E-state index contributed by atoms with van der Waals surface area (Å²) >= 11 is 0. The van der Waals surface area contributed by atoms with Crippen LogP contribution in [0.4, 0.5) is 0 Å². The van der Waals surface area contributed by atoms with Gasteiger partial charge >= 0.3 is 5.97 Å². The van der Waals surface area contributed by atoms with Crippen LogP contribution in [0, 0.1) is 0 Å². The van der Waals surface area contributed by atoms with Crippen LogP contribution >= 0.6 is 0 Å². The zero-order valence-corrected chi connectivity index (χ0v) is 8.25. The lowest BCUT2D eigenvalue weighted by Crippen LogP contribution is -2.59. The summed E-state index contributed by atoms with van der Waals surface area (Å²) in [5.41, 5.74) is 4.15. The van der Waals surface area contributed by atoms with E-state index in [0.717, 1.165) is 0 Å². The molecule has 80 valence electrons. The van der Waals surface area contributed by atoms with E-state index in [1.165, 1.54) is 0 Å². The molecule has 0 spiro atoms. The van der Waals surface area contributed by atoms with Gasteiger partial charge in [-0.25, -0.2) is 4.79 Å². The number of Topliss-reactive ketones (excluding diaryl/α,β-unsaturated/α-hetero) is 1. The van der Waals surface area contributed by atoms with Crippen LogP contribution in [0.2, 0.25) is 0 Å². The molecule has 0 aromatic carbocycles. The van der Waals surface area contributed by atoms with Gasteiger partial charge in [0.2, 0.25) is 0 Å². The molecule has 0 saturated carbocycles. The summed E-state index contributed by atoms with van der Waals surface area (Å²) in [6.45, 7) is 2.33. The molecule has 5 heteroatoms. The molecule has 0 aromatic rings. The summed E-state index contributed by atoms with van der Waals surface area (Å²) in [6.07, 6.45) is 1.51. The molecule has 0 aromatic heterocycles. The second kappa shape index (κ2) is 4.06. The fraction of sp³-hybridized carbons (Fsp3) is 0.778. The van der Waals surface area contributed by atoms with Gasteiger partial charge in [0.1, 0.15) is 0 Å². The van der Waals surface area contributed by atoms with E-state index in [1.807, 2.05) is 0 Å². The minimum atomic E-state index is -1.42. The Morgan fingerprint density at radius 2 is 2.29 bits per heavy atom. The van der Waals surface area contributed by atoms with Gasteiger partial charge in [-0.2, -0.15) is 0 Å². The van der Waals surface area contributed by atoms with Gasteiger partial charge in [-0.05, 0) is 25.8 Å². The first-order valence-corrected chi connectivity index (χ1v) is 4.83. The SMILES string of the molecule is CC[C@H](N)C(=O)[C@@]1(C(=O)O)CCCN1. The number of carboxylic acids is 1. The molecule has 2 atom stereocenters. The zero-order chi connectivity index (χ0) is 10.8. The molecule has 1 heterocycles. The first-order chi connectivity index (χ1) is 6.54. The molecule has 14 heavy (non-hydrogen) atoms. The van der Waals surface area contributed by atoms with E-state index in [-0.39, 0.29) is 0 Å². The van der Waals surface area contributed by atoms with Crippen LogP contribution in [0.15, 0.2) is 0 Å². The van der Waals surface area contributed by atoms with Crippen molar-refractivity contribution in [3.63, 3.8) is 0 Å². The summed E-state index contributed by atoms with van der Waals surface area (Å²) in [5, 5.41) is 11.8. The molecule has 1 aliphatic rings. The van der Waals surface area contributed by atoms with E-state index < -0.39 is 23.3 Å². The second-order valence-electron chi connectivity index (χ2n) is 3.62. The first kappa shape index (κ1) is 11.1. The highest BCUT2D eigenvalue weighted by molar-refractivity contribution is 6.10. The Hall–Kier alpha value is -0.940. The maximum Gasteiger partial charge on any atom is 0.331 e. The molecule has 4 N–H and O–H groups in total. The number of carboxylic acid groups (broad SMARTS) is 1. The molecule has 0 radical (unpaired) electrons. The Morgan fingerprint density at radius 1 is 1.64 bits per heavy atom. The molecule has 1 aliphatic heterocycles. The molecular weight excluding hydrogens is 184 g/mol. The fourth-order valence-electron chi connectivity index (χ4n) is 1.74. The van der Waals surface area contributed by atoms with Gasteiger partial charge in [-0.15, -0.1) is 0 Å². The fourth-order valence-corrected chi connectivity index (χ4v) is 1.74. The molecule has 1 saturated heterocycles. The highest BCUT2D eigenvalue weighted by atomic mass is 16.4. The van der Waals surface area contributed by atoms with Crippen LogP contribution in [0.5, 0.6) is 0 Å². The zero-order valence-electron chi connectivity index (χ0n) is 8.25. The van der Waals surface area contributed by atoms with Crippen LogP contribution in [0.25, 0.3) is 0 Å². The number of aliphatic carboxylic acids is 1. The van der Waals surface area contributed by atoms with Crippen LogP contribution in [-0.4, -0.2) is 35.0 Å². The lowest BCUT2D eigenvalue weighted by Gasteiger charge is -2.25. The Labute approximate surface area is 82.7 Å². The van der Waals surface area contributed by atoms with Crippen molar-refractivity contribution in [1.29, 1.82) is 0 Å². The topological polar surface area (TPSA) is 92.4 Å². The molecule has 0 unspecified atom stereocenters. The average molecular weight is 200 g/mol. The number of nitrogens with two attached hydrogens (primary N) is 1. The molecule has 1 fully saturated rings. The Morgan fingerprint density at radius 3 is 2.64 bits per heavy atom.